The molecule has 92 valence electrons. The third-order valence-electron chi connectivity index (χ3n) is 3.40. The molecule has 0 atom stereocenters. The summed E-state index contributed by atoms with van der Waals surface area (Å²) < 4.78 is 0. The molecule has 1 saturated heterocycles. The van der Waals surface area contributed by atoms with E-state index in [1.807, 2.05) is 31.3 Å². The van der Waals surface area contributed by atoms with E-state index in [9.17, 15) is 4.79 Å². The van der Waals surface area contributed by atoms with Gasteiger partial charge in [0.05, 0.1) is 17.3 Å². The molecule has 0 unspecified atom stereocenters. The second-order valence-electron chi connectivity index (χ2n) is 5.10. The van der Waals surface area contributed by atoms with Crippen molar-refractivity contribution in [1.82, 2.24) is 4.90 Å². The number of hydrogen-bond acceptors (Lipinski definition) is 2. The maximum absolute atomic E-state index is 12.1. The first-order valence-corrected chi connectivity index (χ1v) is 6.06. The molecule has 1 aromatic carbocycles. The molecular formula is C13H17ClN2O. The Morgan fingerprint density at radius 1 is 1.29 bits per heavy atom. The molecule has 1 aromatic rings. The van der Waals surface area contributed by atoms with E-state index in [4.69, 9.17) is 11.6 Å². The van der Waals surface area contributed by atoms with E-state index in [1.165, 1.54) is 0 Å². The fraction of sp³-hybridized carbons (Fsp3) is 0.462. The molecule has 1 amide bonds. The van der Waals surface area contributed by atoms with E-state index in [2.05, 4.69) is 18.7 Å². The number of carbonyl (C=O) groups is 1. The summed E-state index contributed by atoms with van der Waals surface area (Å²) in [6.07, 6.45) is 0. The zero-order valence-electron chi connectivity index (χ0n) is 10.4. The minimum Gasteiger partial charge on any atom is -0.308 e. The third kappa shape index (κ3) is 2.31. The van der Waals surface area contributed by atoms with E-state index in [0.717, 1.165) is 5.69 Å². The lowest BCUT2D eigenvalue weighted by Crippen LogP contribution is -2.60. The molecule has 0 aliphatic carbocycles. The smallest absolute Gasteiger partial charge is 0.241 e. The van der Waals surface area contributed by atoms with E-state index in [0.29, 0.717) is 18.1 Å². The topological polar surface area (TPSA) is 23.6 Å². The van der Waals surface area contributed by atoms with Crippen molar-refractivity contribution in [3.8, 4) is 0 Å². The lowest BCUT2D eigenvalue weighted by Gasteiger charge is -2.44. The largest absolute Gasteiger partial charge is 0.308 e. The first-order valence-electron chi connectivity index (χ1n) is 5.68. The molecular weight excluding hydrogens is 236 g/mol. The highest BCUT2D eigenvalue weighted by Gasteiger charge is 2.36. The van der Waals surface area contributed by atoms with Crippen LogP contribution in [0.5, 0.6) is 0 Å². The fourth-order valence-corrected chi connectivity index (χ4v) is 2.23. The van der Waals surface area contributed by atoms with Crippen LogP contribution < -0.4 is 4.90 Å². The predicted octanol–water partition coefficient (Wildman–Crippen LogP) is 2.40. The lowest BCUT2D eigenvalue weighted by atomic mass is 9.99. The third-order valence-corrected chi connectivity index (χ3v) is 3.71. The highest BCUT2D eigenvalue weighted by molar-refractivity contribution is 6.33. The van der Waals surface area contributed by atoms with Gasteiger partial charge in [-0.15, -0.1) is 0 Å². The summed E-state index contributed by atoms with van der Waals surface area (Å²) >= 11 is 6.14. The number of hydrogen-bond donors (Lipinski definition) is 0. The van der Waals surface area contributed by atoms with Gasteiger partial charge in [-0.2, -0.15) is 0 Å². The number of carbonyl (C=O) groups excluding carboxylic acids is 1. The fourth-order valence-electron chi connectivity index (χ4n) is 1.99. The average molecular weight is 253 g/mol. The second-order valence-corrected chi connectivity index (χ2v) is 5.51. The minimum absolute atomic E-state index is 0.0346. The Morgan fingerprint density at radius 2 is 1.94 bits per heavy atom. The molecule has 1 heterocycles. The zero-order valence-corrected chi connectivity index (χ0v) is 11.2. The van der Waals surface area contributed by atoms with Crippen LogP contribution in [0.2, 0.25) is 5.02 Å². The van der Waals surface area contributed by atoms with Gasteiger partial charge in [-0.3, -0.25) is 9.69 Å². The summed E-state index contributed by atoms with van der Waals surface area (Å²) in [6, 6.07) is 7.48. The standard InChI is InChI=1S/C13H17ClN2O/c1-13(2)9-16(12(17)8-15(13)3)11-7-5-4-6-10(11)14/h4-7H,8-9H2,1-3H3. The van der Waals surface area contributed by atoms with Crippen molar-refractivity contribution in [2.45, 2.75) is 19.4 Å². The van der Waals surface area contributed by atoms with Crippen LogP contribution in [-0.4, -0.2) is 36.5 Å². The maximum atomic E-state index is 12.1. The number of amides is 1. The number of anilines is 1. The van der Waals surface area contributed by atoms with Crippen molar-refractivity contribution in [3.63, 3.8) is 0 Å². The quantitative estimate of drug-likeness (QED) is 0.766. The first kappa shape index (κ1) is 12.4. The average Bonchev–Trinajstić information content (AvgIpc) is 2.25. The Hall–Kier alpha value is -1.06. The number of benzene rings is 1. The van der Waals surface area contributed by atoms with Gasteiger partial charge in [0, 0.05) is 12.1 Å². The Morgan fingerprint density at radius 3 is 2.59 bits per heavy atom. The van der Waals surface area contributed by atoms with E-state index in [-0.39, 0.29) is 11.4 Å². The van der Waals surface area contributed by atoms with Gasteiger partial charge in [-0.05, 0) is 33.0 Å². The van der Waals surface area contributed by atoms with E-state index >= 15 is 0 Å². The summed E-state index contributed by atoms with van der Waals surface area (Å²) in [5, 5.41) is 0.626. The highest BCUT2D eigenvalue weighted by atomic mass is 35.5. The van der Waals surface area contributed by atoms with Crippen LogP contribution in [0.4, 0.5) is 5.69 Å². The lowest BCUT2D eigenvalue weighted by molar-refractivity contribution is -0.123. The first-order chi connectivity index (χ1) is 7.92. The van der Waals surface area contributed by atoms with Gasteiger partial charge in [-0.25, -0.2) is 0 Å². The number of rotatable bonds is 1. The van der Waals surface area contributed by atoms with Crippen molar-refractivity contribution in [3.05, 3.63) is 29.3 Å². The Bertz CT molecular complexity index is 445. The number of likely N-dealkylation sites (N-methyl/N-ethyl adjacent to an activating group) is 1. The normalized spacial score (nSPS) is 20.7. The van der Waals surface area contributed by atoms with Gasteiger partial charge < -0.3 is 4.90 Å². The van der Waals surface area contributed by atoms with E-state index in [1.54, 1.807) is 4.90 Å². The van der Waals surface area contributed by atoms with Crippen molar-refractivity contribution in [2.24, 2.45) is 0 Å². The molecule has 1 aliphatic heterocycles. The SMILES string of the molecule is CN1CC(=O)N(c2ccccc2Cl)CC1(C)C. The molecule has 0 radical (unpaired) electrons. The molecule has 0 N–H and O–H groups in total. The van der Waals surface area contributed by atoms with Crippen molar-refractivity contribution < 1.29 is 4.79 Å². The van der Waals surface area contributed by atoms with E-state index < -0.39 is 0 Å². The van der Waals surface area contributed by atoms with Crippen LogP contribution in [0.1, 0.15) is 13.8 Å². The summed E-state index contributed by atoms with van der Waals surface area (Å²) in [5.41, 5.74) is 0.771. The van der Waals surface area contributed by atoms with Gasteiger partial charge in [-0.1, -0.05) is 23.7 Å². The summed E-state index contributed by atoms with van der Waals surface area (Å²) in [5.74, 6) is 0.0972. The molecule has 1 aliphatic rings. The van der Waals surface area contributed by atoms with Crippen LogP contribution in [0, 0.1) is 0 Å². The summed E-state index contributed by atoms with van der Waals surface area (Å²) in [7, 11) is 1.97. The highest BCUT2D eigenvalue weighted by Crippen LogP contribution is 2.30. The maximum Gasteiger partial charge on any atom is 0.241 e. The van der Waals surface area contributed by atoms with Gasteiger partial charge in [0.15, 0.2) is 0 Å². The number of halogens is 1. The van der Waals surface area contributed by atoms with Crippen LogP contribution in [0.3, 0.4) is 0 Å². The van der Waals surface area contributed by atoms with Crippen LogP contribution in [0.15, 0.2) is 24.3 Å². The molecule has 4 heteroatoms. The van der Waals surface area contributed by atoms with Gasteiger partial charge in [0.25, 0.3) is 0 Å². The van der Waals surface area contributed by atoms with Gasteiger partial charge >= 0.3 is 0 Å². The Balaban J connectivity index is 2.33. The molecule has 0 saturated carbocycles. The van der Waals surface area contributed by atoms with Gasteiger partial charge in [0.2, 0.25) is 5.91 Å². The molecule has 0 aromatic heterocycles. The van der Waals surface area contributed by atoms with Crippen molar-refractivity contribution in [2.75, 3.05) is 25.0 Å². The number of nitrogens with zero attached hydrogens (tertiary/aromatic N) is 2. The number of piperazine rings is 1. The summed E-state index contributed by atoms with van der Waals surface area (Å²) in [4.78, 5) is 15.9. The molecule has 0 spiro atoms. The minimum atomic E-state index is -0.0346. The zero-order chi connectivity index (χ0) is 12.6. The Labute approximate surface area is 107 Å². The molecule has 1 fully saturated rings. The molecule has 17 heavy (non-hydrogen) atoms. The monoisotopic (exact) mass is 252 g/mol. The molecule has 0 bridgehead atoms. The van der Waals surface area contributed by atoms with Crippen LogP contribution in [-0.2, 0) is 4.79 Å². The number of para-hydroxylation sites is 1. The van der Waals surface area contributed by atoms with Crippen LogP contribution in [0.25, 0.3) is 0 Å². The predicted molar refractivity (Wildman–Crippen MR) is 70.5 cm³/mol. The second kappa shape index (κ2) is 4.31. The molecule has 3 nitrogen and oxygen atoms in total. The summed E-state index contributed by atoms with van der Waals surface area (Å²) in [6.45, 7) is 5.34. The molecule has 2 rings (SSSR count). The van der Waals surface area contributed by atoms with Crippen LogP contribution >= 0.6 is 11.6 Å². The van der Waals surface area contributed by atoms with Crippen molar-refractivity contribution >= 4 is 23.2 Å². The van der Waals surface area contributed by atoms with Crippen molar-refractivity contribution in [1.29, 1.82) is 0 Å². The Kier molecular flexibility index (Phi) is 3.15. The van der Waals surface area contributed by atoms with Gasteiger partial charge in [0.1, 0.15) is 0 Å².